The molecule has 162 valence electrons. The fraction of sp³-hybridized carbons (Fsp3) is 0.947. The summed E-state index contributed by atoms with van der Waals surface area (Å²) >= 11 is 0. The molecule has 27 heavy (non-hydrogen) atoms. The Morgan fingerprint density at radius 1 is 0.704 bits per heavy atom. The Labute approximate surface area is 164 Å². The maximum absolute atomic E-state index is 11.5. The highest BCUT2D eigenvalue weighted by molar-refractivity contribution is 5.81. The summed E-state index contributed by atoms with van der Waals surface area (Å²) in [7, 11) is 1.89. The third-order valence-corrected chi connectivity index (χ3v) is 3.76. The van der Waals surface area contributed by atoms with Crippen molar-refractivity contribution in [1.29, 1.82) is 0 Å². The predicted octanol–water partition coefficient (Wildman–Crippen LogP) is 0.921. The predicted molar refractivity (Wildman–Crippen MR) is 103 cm³/mol. The molecule has 0 aliphatic carbocycles. The van der Waals surface area contributed by atoms with Crippen LogP contribution in [0.4, 0.5) is 0 Å². The summed E-state index contributed by atoms with van der Waals surface area (Å²) in [5, 5.41) is 3.01. The van der Waals surface area contributed by atoms with Crippen LogP contribution in [-0.2, 0) is 33.2 Å². The van der Waals surface area contributed by atoms with Gasteiger partial charge in [0.1, 0.15) is 6.61 Å². The van der Waals surface area contributed by atoms with Gasteiger partial charge in [-0.1, -0.05) is 13.8 Å². The molecule has 0 bridgehead atoms. The first-order valence-electron chi connectivity index (χ1n) is 9.86. The molecule has 0 aromatic rings. The van der Waals surface area contributed by atoms with Gasteiger partial charge in [-0.05, 0) is 13.5 Å². The van der Waals surface area contributed by atoms with Crippen LogP contribution >= 0.6 is 0 Å². The number of likely N-dealkylation sites (N-methyl/N-ethyl adjacent to an activating group) is 1. The van der Waals surface area contributed by atoms with Crippen molar-refractivity contribution in [3.8, 4) is 0 Å². The normalized spacial score (nSPS) is 12.4. The van der Waals surface area contributed by atoms with Crippen molar-refractivity contribution in [2.75, 3.05) is 92.9 Å². The summed E-state index contributed by atoms with van der Waals surface area (Å²) in [6.45, 7) is 10.8. The topological polar surface area (TPSA) is 84.5 Å². The van der Waals surface area contributed by atoms with Gasteiger partial charge in [0.25, 0.3) is 0 Å². The summed E-state index contributed by atoms with van der Waals surface area (Å²) in [5.41, 5.74) is 0. The Kier molecular flexibility index (Phi) is 21.2. The minimum atomic E-state index is 0.0652. The van der Waals surface area contributed by atoms with Gasteiger partial charge in [-0.25, -0.2) is 0 Å². The smallest absolute Gasteiger partial charge is 0.161 e. The first-order valence-corrected chi connectivity index (χ1v) is 9.86. The third kappa shape index (κ3) is 19.9. The molecule has 0 saturated heterocycles. The number of hydrogen-bond acceptors (Lipinski definition) is 8. The Morgan fingerprint density at radius 3 is 1.44 bits per heavy atom. The molecule has 1 N–H and O–H groups in total. The maximum Gasteiger partial charge on any atom is 0.161 e. The molecule has 1 atom stereocenters. The van der Waals surface area contributed by atoms with E-state index in [1.807, 2.05) is 20.9 Å². The van der Waals surface area contributed by atoms with Crippen LogP contribution in [0.2, 0.25) is 0 Å². The van der Waals surface area contributed by atoms with Crippen LogP contribution in [0.1, 0.15) is 20.3 Å². The largest absolute Gasteiger partial charge is 0.378 e. The Balaban J connectivity index is 3.08. The molecule has 0 heterocycles. The number of carbonyl (C=O) groups is 1. The van der Waals surface area contributed by atoms with E-state index in [9.17, 15) is 4.79 Å². The first kappa shape index (κ1) is 26.4. The lowest BCUT2D eigenvalue weighted by molar-refractivity contribution is -0.127. The molecule has 0 aliphatic rings. The first-order chi connectivity index (χ1) is 13.2. The fourth-order valence-electron chi connectivity index (χ4n) is 1.82. The minimum absolute atomic E-state index is 0.0652. The maximum atomic E-state index is 11.5. The van der Waals surface area contributed by atoms with Gasteiger partial charge in [0, 0.05) is 12.5 Å². The van der Waals surface area contributed by atoms with Gasteiger partial charge >= 0.3 is 0 Å². The fourth-order valence-corrected chi connectivity index (χ4v) is 1.82. The second-order valence-electron chi connectivity index (χ2n) is 5.99. The SMILES string of the molecule is CCC(C)C(=O)COCCOCCOCCOCCOCCOCCNC. The van der Waals surface area contributed by atoms with Crippen LogP contribution in [0.25, 0.3) is 0 Å². The van der Waals surface area contributed by atoms with Gasteiger partial charge in [-0.2, -0.15) is 0 Å². The highest BCUT2D eigenvalue weighted by Gasteiger charge is 2.09. The van der Waals surface area contributed by atoms with Gasteiger partial charge in [0.15, 0.2) is 5.78 Å². The Hall–Kier alpha value is -0.610. The van der Waals surface area contributed by atoms with E-state index in [2.05, 4.69) is 5.32 Å². The lowest BCUT2D eigenvalue weighted by Crippen LogP contribution is -2.19. The quantitative estimate of drug-likeness (QED) is 0.272. The number of carbonyl (C=O) groups excluding carboxylic acids is 1. The van der Waals surface area contributed by atoms with E-state index in [1.165, 1.54) is 0 Å². The Bertz CT molecular complexity index is 318. The van der Waals surface area contributed by atoms with E-state index in [0.717, 1.165) is 13.0 Å². The van der Waals surface area contributed by atoms with Crippen LogP contribution in [0.15, 0.2) is 0 Å². The molecule has 0 amide bonds. The van der Waals surface area contributed by atoms with Gasteiger partial charge in [-0.3, -0.25) is 4.79 Å². The zero-order valence-corrected chi connectivity index (χ0v) is 17.3. The van der Waals surface area contributed by atoms with Gasteiger partial charge in [-0.15, -0.1) is 0 Å². The van der Waals surface area contributed by atoms with Crippen LogP contribution in [-0.4, -0.2) is 98.7 Å². The summed E-state index contributed by atoms with van der Waals surface area (Å²) in [4.78, 5) is 11.5. The highest BCUT2D eigenvalue weighted by atomic mass is 16.6. The molecule has 0 fully saturated rings. The monoisotopic (exact) mass is 393 g/mol. The second kappa shape index (κ2) is 21.7. The van der Waals surface area contributed by atoms with E-state index in [-0.39, 0.29) is 18.3 Å². The zero-order chi connectivity index (χ0) is 20.0. The van der Waals surface area contributed by atoms with Crippen molar-refractivity contribution in [2.24, 2.45) is 5.92 Å². The Morgan fingerprint density at radius 2 is 1.07 bits per heavy atom. The molecule has 0 aromatic heterocycles. The average molecular weight is 394 g/mol. The van der Waals surface area contributed by atoms with Gasteiger partial charge in [0.2, 0.25) is 0 Å². The number of Topliss-reactive ketones (excluding diaryl/α,β-unsaturated/α-hetero) is 1. The second-order valence-corrected chi connectivity index (χ2v) is 5.99. The standard InChI is InChI=1S/C19H39NO7/c1-4-18(2)19(21)17-27-16-15-26-14-13-25-12-11-24-10-9-23-8-7-22-6-5-20-3/h18,20H,4-17H2,1-3H3. The van der Waals surface area contributed by atoms with Gasteiger partial charge in [0.05, 0.1) is 72.7 Å². The molecule has 0 radical (unpaired) electrons. The zero-order valence-electron chi connectivity index (χ0n) is 17.3. The van der Waals surface area contributed by atoms with E-state index in [0.29, 0.717) is 72.7 Å². The van der Waals surface area contributed by atoms with Crippen LogP contribution in [0, 0.1) is 5.92 Å². The number of ether oxygens (including phenoxy) is 6. The molecule has 0 aromatic carbocycles. The summed E-state index contributed by atoms with van der Waals surface area (Å²) in [6.07, 6.45) is 0.846. The molecule has 8 nitrogen and oxygen atoms in total. The van der Waals surface area contributed by atoms with E-state index in [1.54, 1.807) is 0 Å². The van der Waals surface area contributed by atoms with Crippen LogP contribution in [0.3, 0.4) is 0 Å². The van der Waals surface area contributed by atoms with Crippen LogP contribution < -0.4 is 5.32 Å². The lowest BCUT2D eigenvalue weighted by atomic mass is 10.1. The molecular formula is C19H39NO7. The highest BCUT2D eigenvalue weighted by Crippen LogP contribution is 2.01. The van der Waals surface area contributed by atoms with Crippen molar-refractivity contribution in [2.45, 2.75) is 20.3 Å². The molecule has 0 saturated carbocycles. The van der Waals surface area contributed by atoms with Crippen LogP contribution in [0.5, 0.6) is 0 Å². The molecular weight excluding hydrogens is 354 g/mol. The average Bonchev–Trinajstić information content (AvgIpc) is 2.68. The molecule has 8 heteroatoms. The number of rotatable bonds is 22. The molecule has 0 aliphatic heterocycles. The van der Waals surface area contributed by atoms with Crippen molar-refractivity contribution >= 4 is 5.78 Å². The summed E-state index contributed by atoms with van der Waals surface area (Å²) in [5.74, 6) is 0.208. The molecule has 0 spiro atoms. The minimum Gasteiger partial charge on any atom is -0.378 e. The van der Waals surface area contributed by atoms with E-state index >= 15 is 0 Å². The number of ketones is 1. The van der Waals surface area contributed by atoms with E-state index in [4.69, 9.17) is 28.4 Å². The third-order valence-electron chi connectivity index (χ3n) is 3.76. The lowest BCUT2D eigenvalue weighted by Gasteiger charge is -2.09. The molecule has 0 rings (SSSR count). The van der Waals surface area contributed by atoms with Crippen molar-refractivity contribution < 1.29 is 33.2 Å². The summed E-state index contributed by atoms with van der Waals surface area (Å²) < 4.78 is 32.2. The summed E-state index contributed by atoms with van der Waals surface area (Å²) in [6, 6.07) is 0. The van der Waals surface area contributed by atoms with Crippen molar-refractivity contribution in [3.63, 3.8) is 0 Å². The van der Waals surface area contributed by atoms with Crippen molar-refractivity contribution in [1.82, 2.24) is 5.32 Å². The van der Waals surface area contributed by atoms with E-state index < -0.39 is 0 Å². The molecule has 1 unspecified atom stereocenters. The number of hydrogen-bond donors (Lipinski definition) is 1. The van der Waals surface area contributed by atoms with Crippen molar-refractivity contribution in [3.05, 3.63) is 0 Å². The number of nitrogens with one attached hydrogen (secondary N) is 1. The van der Waals surface area contributed by atoms with Gasteiger partial charge < -0.3 is 33.7 Å².